The predicted molar refractivity (Wildman–Crippen MR) is 72.5 cm³/mol. The average Bonchev–Trinajstić information content (AvgIpc) is 2.42. The van der Waals surface area contributed by atoms with Crippen molar-refractivity contribution in [2.24, 2.45) is 11.7 Å². The van der Waals surface area contributed by atoms with Gasteiger partial charge in [0.2, 0.25) is 0 Å². The van der Waals surface area contributed by atoms with E-state index in [-0.39, 0.29) is 0 Å². The van der Waals surface area contributed by atoms with E-state index in [0.717, 1.165) is 48.8 Å². The SMILES string of the molecule is NCc1ccc(COCC2CCOCC2)c(Cl)c1. The topological polar surface area (TPSA) is 44.5 Å². The van der Waals surface area contributed by atoms with Gasteiger partial charge in [-0.1, -0.05) is 23.7 Å². The van der Waals surface area contributed by atoms with Crippen molar-refractivity contribution in [1.29, 1.82) is 0 Å². The Kier molecular flexibility index (Phi) is 5.45. The van der Waals surface area contributed by atoms with Crippen LogP contribution in [0.1, 0.15) is 24.0 Å². The van der Waals surface area contributed by atoms with Crippen LogP contribution in [-0.2, 0) is 22.6 Å². The molecule has 1 aliphatic heterocycles. The molecule has 100 valence electrons. The van der Waals surface area contributed by atoms with Crippen LogP contribution in [-0.4, -0.2) is 19.8 Å². The van der Waals surface area contributed by atoms with Crippen LogP contribution in [0.5, 0.6) is 0 Å². The zero-order valence-corrected chi connectivity index (χ0v) is 11.3. The molecule has 0 spiro atoms. The lowest BCUT2D eigenvalue weighted by Gasteiger charge is -2.21. The van der Waals surface area contributed by atoms with E-state index >= 15 is 0 Å². The molecule has 4 heteroatoms. The average molecular weight is 270 g/mol. The highest BCUT2D eigenvalue weighted by atomic mass is 35.5. The predicted octanol–water partition coefficient (Wildman–Crippen LogP) is 2.74. The maximum atomic E-state index is 6.17. The lowest BCUT2D eigenvalue weighted by atomic mass is 10.0. The molecule has 2 N–H and O–H groups in total. The highest BCUT2D eigenvalue weighted by molar-refractivity contribution is 6.31. The van der Waals surface area contributed by atoms with Gasteiger partial charge in [0.15, 0.2) is 0 Å². The van der Waals surface area contributed by atoms with E-state index in [0.29, 0.717) is 19.1 Å². The first-order chi connectivity index (χ1) is 8.79. The third-order valence-corrected chi connectivity index (χ3v) is 3.66. The van der Waals surface area contributed by atoms with Crippen molar-refractivity contribution in [3.05, 3.63) is 34.3 Å². The number of rotatable bonds is 5. The Morgan fingerprint density at radius 1 is 1.33 bits per heavy atom. The minimum atomic E-state index is 0.517. The standard InChI is InChI=1S/C14H20ClNO2/c15-14-7-12(8-16)1-2-13(14)10-18-9-11-3-5-17-6-4-11/h1-2,7,11H,3-6,8-10,16H2. The van der Waals surface area contributed by atoms with Gasteiger partial charge in [-0.2, -0.15) is 0 Å². The van der Waals surface area contributed by atoms with Crippen molar-refractivity contribution < 1.29 is 9.47 Å². The lowest BCUT2D eigenvalue weighted by molar-refractivity contribution is 0.0157. The van der Waals surface area contributed by atoms with Gasteiger partial charge < -0.3 is 15.2 Å². The monoisotopic (exact) mass is 269 g/mol. The highest BCUT2D eigenvalue weighted by Crippen LogP contribution is 2.20. The largest absolute Gasteiger partial charge is 0.381 e. The van der Waals surface area contributed by atoms with Gasteiger partial charge in [0, 0.05) is 24.8 Å². The smallest absolute Gasteiger partial charge is 0.0731 e. The van der Waals surface area contributed by atoms with E-state index in [1.165, 1.54) is 0 Å². The van der Waals surface area contributed by atoms with E-state index in [4.69, 9.17) is 26.8 Å². The molecule has 0 amide bonds. The first-order valence-electron chi connectivity index (χ1n) is 6.42. The normalized spacial score (nSPS) is 17.0. The Bertz CT molecular complexity index is 378. The minimum Gasteiger partial charge on any atom is -0.381 e. The van der Waals surface area contributed by atoms with Crippen LogP contribution >= 0.6 is 11.6 Å². The fourth-order valence-electron chi connectivity index (χ4n) is 2.08. The minimum absolute atomic E-state index is 0.517. The molecule has 18 heavy (non-hydrogen) atoms. The molecule has 0 atom stereocenters. The Hall–Kier alpha value is -0.610. The molecule has 0 aromatic heterocycles. The maximum absolute atomic E-state index is 6.17. The number of hydrogen-bond donors (Lipinski definition) is 1. The summed E-state index contributed by atoms with van der Waals surface area (Å²) >= 11 is 6.17. The van der Waals surface area contributed by atoms with Crippen LogP contribution in [0.15, 0.2) is 18.2 Å². The Labute approximate surface area is 113 Å². The second-order valence-corrected chi connectivity index (χ2v) is 5.11. The summed E-state index contributed by atoms with van der Waals surface area (Å²) in [6.45, 7) is 3.60. The van der Waals surface area contributed by atoms with Gasteiger partial charge in [-0.15, -0.1) is 0 Å². The molecule has 0 radical (unpaired) electrons. The molecular formula is C14H20ClNO2. The molecule has 1 fully saturated rings. The number of nitrogens with two attached hydrogens (primary N) is 1. The maximum Gasteiger partial charge on any atom is 0.0731 e. The van der Waals surface area contributed by atoms with Crippen LogP contribution in [0.2, 0.25) is 5.02 Å². The van der Waals surface area contributed by atoms with Crippen LogP contribution in [0.3, 0.4) is 0 Å². The van der Waals surface area contributed by atoms with Gasteiger partial charge in [0.1, 0.15) is 0 Å². The molecule has 2 rings (SSSR count). The highest BCUT2D eigenvalue weighted by Gasteiger charge is 2.13. The van der Waals surface area contributed by atoms with Crippen molar-refractivity contribution >= 4 is 11.6 Å². The third-order valence-electron chi connectivity index (χ3n) is 3.31. The summed E-state index contributed by atoms with van der Waals surface area (Å²) in [6.07, 6.45) is 2.19. The summed E-state index contributed by atoms with van der Waals surface area (Å²) in [5.41, 5.74) is 7.64. The molecule has 1 aliphatic rings. The van der Waals surface area contributed by atoms with Crippen molar-refractivity contribution in [2.45, 2.75) is 26.0 Å². The molecule has 0 saturated carbocycles. The fourth-order valence-corrected chi connectivity index (χ4v) is 2.34. The van der Waals surface area contributed by atoms with E-state index in [9.17, 15) is 0 Å². The summed E-state index contributed by atoms with van der Waals surface area (Å²) in [6, 6.07) is 5.90. The molecule has 1 aromatic rings. The molecule has 3 nitrogen and oxygen atoms in total. The summed E-state index contributed by atoms with van der Waals surface area (Å²) in [5, 5.41) is 0.741. The molecule has 1 saturated heterocycles. The van der Waals surface area contributed by atoms with Crippen LogP contribution < -0.4 is 5.73 Å². The quantitative estimate of drug-likeness (QED) is 0.894. The summed E-state index contributed by atoms with van der Waals surface area (Å²) in [4.78, 5) is 0. The lowest BCUT2D eigenvalue weighted by Crippen LogP contribution is -2.20. The van der Waals surface area contributed by atoms with Gasteiger partial charge >= 0.3 is 0 Å². The van der Waals surface area contributed by atoms with Gasteiger partial charge in [0.05, 0.1) is 13.2 Å². The van der Waals surface area contributed by atoms with Gasteiger partial charge in [-0.05, 0) is 36.0 Å². The number of halogens is 1. The summed E-state index contributed by atoms with van der Waals surface area (Å²) in [7, 11) is 0. The number of hydrogen-bond acceptors (Lipinski definition) is 3. The van der Waals surface area contributed by atoms with Gasteiger partial charge in [-0.3, -0.25) is 0 Å². The molecule has 1 heterocycles. The van der Waals surface area contributed by atoms with Crippen LogP contribution in [0.4, 0.5) is 0 Å². The Balaban J connectivity index is 1.79. The zero-order chi connectivity index (χ0) is 12.8. The zero-order valence-electron chi connectivity index (χ0n) is 10.5. The van der Waals surface area contributed by atoms with Crippen molar-refractivity contribution in [3.63, 3.8) is 0 Å². The fraction of sp³-hybridized carbons (Fsp3) is 0.571. The number of ether oxygens (including phenoxy) is 2. The molecular weight excluding hydrogens is 250 g/mol. The van der Waals surface area contributed by atoms with Crippen molar-refractivity contribution in [3.8, 4) is 0 Å². The molecule has 0 unspecified atom stereocenters. The molecule has 1 aromatic carbocycles. The van der Waals surface area contributed by atoms with E-state index < -0.39 is 0 Å². The summed E-state index contributed by atoms with van der Waals surface area (Å²) < 4.78 is 11.1. The van der Waals surface area contributed by atoms with Gasteiger partial charge in [0.25, 0.3) is 0 Å². The van der Waals surface area contributed by atoms with Gasteiger partial charge in [-0.25, -0.2) is 0 Å². The van der Waals surface area contributed by atoms with Crippen LogP contribution in [0, 0.1) is 5.92 Å². The molecule has 0 bridgehead atoms. The Morgan fingerprint density at radius 2 is 2.11 bits per heavy atom. The van der Waals surface area contributed by atoms with Crippen LogP contribution in [0.25, 0.3) is 0 Å². The van der Waals surface area contributed by atoms with Crippen molar-refractivity contribution in [2.75, 3.05) is 19.8 Å². The Morgan fingerprint density at radius 3 is 2.78 bits per heavy atom. The molecule has 0 aliphatic carbocycles. The van der Waals surface area contributed by atoms with E-state index in [2.05, 4.69) is 0 Å². The van der Waals surface area contributed by atoms with E-state index in [1.54, 1.807) is 0 Å². The van der Waals surface area contributed by atoms with E-state index in [1.807, 2.05) is 18.2 Å². The summed E-state index contributed by atoms with van der Waals surface area (Å²) in [5.74, 6) is 0.626. The third kappa shape index (κ3) is 3.95. The first-order valence-corrected chi connectivity index (χ1v) is 6.80. The first kappa shape index (κ1) is 13.8. The van der Waals surface area contributed by atoms with Crippen molar-refractivity contribution in [1.82, 2.24) is 0 Å². The second-order valence-electron chi connectivity index (χ2n) is 4.70. The second kappa shape index (κ2) is 7.10. The number of benzene rings is 1.